The van der Waals surface area contributed by atoms with Crippen molar-refractivity contribution in [1.82, 2.24) is 9.55 Å². The van der Waals surface area contributed by atoms with Crippen molar-refractivity contribution >= 4 is 17.8 Å². The highest BCUT2D eigenvalue weighted by Gasteiger charge is 2.15. The van der Waals surface area contributed by atoms with Gasteiger partial charge in [-0.25, -0.2) is 9.78 Å². The Morgan fingerprint density at radius 2 is 1.90 bits per heavy atom. The highest BCUT2D eigenvalue weighted by molar-refractivity contribution is 6.30. The van der Waals surface area contributed by atoms with Crippen LogP contribution in [0.4, 0.5) is 4.79 Å². The first-order valence-electron chi connectivity index (χ1n) is 9.47. The summed E-state index contributed by atoms with van der Waals surface area (Å²) in [4.78, 5) is 15.3. The third-order valence-electron chi connectivity index (χ3n) is 4.70. The maximum absolute atomic E-state index is 10.9. The molecule has 0 fully saturated rings. The average Bonchev–Trinajstić information content (AvgIpc) is 3.01. The minimum atomic E-state index is -1.35. The summed E-state index contributed by atoms with van der Waals surface area (Å²) in [5.41, 5.74) is 3.18. The first-order valence-corrected chi connectivity index (χ1v) is 9.85. The molecule has 2 N–H and O–H groups in total. The molecule has 29 heavy (non-hydrogen) atoms. The van der Waals surface area contributed by atoms with E-state index in [1.54, 1.807) is 12.1 Å². The summed E-state index contributed by atoms with van der Waals surface area (Å²) in [7, 11) is 0. The van der Waals surface area contributed by atoms with Gasteiger partial charge in [-0.15, -0.1) is 0 Å². The zero-order chi connectivity index (χ0) is 20.8. The van der Waals surface area contributed by atoms with Crippen molar-refractivity contribution in [3.05, 3.63) is 70.8 Å². The van der Waals surface area contributed by atoms with Gasteiger partial charge in [0.1, 0.15) is 11.6 Å². The molecule has 0 unspecified atom stereocenters. The number of para-hydroxylation sites is 1. The van der Waals surface area contributed by atoms with Crippen molar-refractivity contribution < 1.29 is 19.7 Å². The van der Waals surface area contributed by atoms with Crippen molar-refractivity contribution in [1.29, 1.82) is 0 Å². The molecular formula is C22H23ClN2O4. The molecule has 0 aliphatic heterocycles. The second-order valence-corrected chi connectivity index (χ2v) is 7.03. The number of imidazole rings is 1. The van der Waals surface area contributed by atoms with Gasteiger partial charge in [0.25, 0.3) is 0 Å². The lowest BCUT2D eigenvalue weighted by atomic mass is 10.0. The Morgan fingerprint density at radius 3 is 2.55 bits per heavy atom. The van der Waals surface area contributed by atoms with E-state index in [1.807, 2.05) is 41.0 Å². The third-order valence-corrected chi connectivity index (χ3v) is 5.00. The molecule has 3 rings (SSSR count). The van der Waals surface area contributed by atoms with Crippen LogP contribution in [0.15, 0.2) is 48.5 Å². The summed E-state index contributed by atoms with van der Waals surface area (Å²) >= 11 is 6.21. The molecule has 1 heterocycles. The van der Waals surface area contributed by atoms with Crippen molar-refractivity contribution in [3.8, 4) is 16.9 Å². The number of hydrogen-bond donors (Lipinski definition) is 2. The molecule has 152 valence electrons. The van der Waals surface area contributed by atoms with Gasteiger partial charge in [-0.05, 0) is 23.6 Å². The van der Waals surface area contributed by atoms with E-state index >= 15 is 0 Å². The number of carboxylic acid groups (broad SMARTS) is 1. The van der Waals surface area contributed by atoms with Crippen LogP contribution >= 0.6 is 11.6 Å². The fourth-order valence-electron chi connectivity index (χ4n) is 3.23. The molecule has 0 spiro atoms. The predicted molar refractivity (Wildman–Crippen MR) is 111 cm³/mol. The smallest absolute Gasteiger partial charge is 0.449 e. The molecule has 6 nitrogen and oxygen atoms in total. The molecule has 0 aliphatic carbocycles. The summed E-state index contributed by atoms with van der Waals surface area (Å²) in [6.45, 7) is 2.49. The van der Waals surface area contributed by atoms with Crippen LogP contribution in [0.1, 0.15) is 36.8 Å². The predicted octanol–water partition coefficient (Wildman–Crippen LogP) is 5.14. The molecule has 2 aromatic carbocycles. The lowest BCUT2D eigenvalue weighted by Gasteiger charge is -2.12. The number of aliphatic hydroxyl groups excluding tert-OH is 1. The van der Waals surface area contributed by atoms with Crippen molar-refractivity contribution in [3.63, 3.8) is 0 Å². The Balaban J connectivity index is 1.87. The van der Waals surface area contributed by atoms with Crippen LogP contribution in [0.2, 0.25) is 5.15 Å². The number of hydrogen-bond acceptors (Lipinski definition) is 4. The van der Waals surface area contributed by atoms with E-state index in [0.29, 0.717) is 28.7 Å². The van der Waals surface area contributed by atoms with Gasteiger partial charge in [0.2, 0.25) is 0 Å². The van der Waals surface area contributed by atoms with E-state index in [2.05, 4.69) is 11.9 Å². The van der Waals surface area contributed by atoms with Crippen LogP contribution < -0.4 is 4.74 Å². The monoisotopic (exact) mass is 414 g/mol. The highest BCUT2D eigenvalue weighted by Crippen LogP contribution is 2.30. The molecule has 1 aromatic heterocycles. The number of halogens is 1. The Kier molecular flexibility index (Phi) is 6.90. The Labute approximate surface area is 174 Å². The molecule has 0 atom stereocenters. The van der Waals surface area contributed by atoms with Gasteiger partial charge in [-0.2, -0.15) is 0 Å². The zero-order valence-corrected chi connectivity index (χ0v) is 16.9. The molecule has 7 heteroatoms. The maximum Gasteiger partial charge on any atom is 0.511 e. The molecule has 0 saturated heterocycles. The van der Waals surface area contributed by atoms with E-state index in [9.17, 15) is 9.90 Å². The Bertz CT molecular complexity index is 983. The van der Waals surface area contributed by atoms with Gasteiger partial charge in [-0.1, -0.05) is 67.4 Å². The number of aromatic nitrogens is 2. The van der Waals surface area contributed by atoms with Gasteiger partial charge < -0.3 is 19.5 Å². The summed E-state index contributed by atoms with van der Waals surface area (Å²) < 4.78 is 6.84. The quantitative estimate of drug-likeness (QED) is 0.393. The minimum absolute atomic E-state index is 0.171. The largest absolute Gasteiger partial charge is 0.511 e. The van der Waals surface area contributed by atoms with E-state index < -0.39 is 6.16 Å². The average molecular weight is 415 g/mol. The van der Waals surface area contributed by atoms with Gasteiger partial charge >= 0.3 is 6.16 Å². The second kappa shape index (κ2) is 9.58. The van der Waals surface area contributed by atoms with Crippen molar-refractivity contribution in [2.75, 3.05) is 0 Å². The number of ether oxygens (including phenoxy) is 1. The van der Waals surface area contributed by atoms with Crippen molar-refractivity contribution in [2.24, 2.45) is 0 Å². The number of aliphatic hydroxyl groups is 1. The van der Waals surface area contributed by atoms with Gasteiger partial charge in [0.05, 0.1) is 12.3 Å². The number of benzene rings is 2. The van der Waals surface area contributed by atoms with E-state index in [1.165, 1.54) is 0 Å². The van der Waals surface area contributed by atoms with Crippen LogP contribution in [0.25, 0.3) is 11.1 Å². The van der Waals surface area contributed by atoms with E-state index in [4.69, 9.17) is 21.4 Å². The highest BCUT2D eigenvalue weighted by atomic mass is 35.5. The van der Waals surface area contributed by atoms with Gasteiger partial charge in [0.15, 0.2) is 5.15 Å². The molecule has 0 radical (unpaired) electrons. The zero-order valence-electron chi connectivity index (χ0n) is 16.1. The van der Waals surface area contributed by atoms with E-state index in [0.717, 1.165) is 36.2 Å². The molecule has 0 bridgehead atoms. The number of unbranched alkanes of at least 4 members (excludes halogenated alkanes) is 1. The van der Waals surface area contributed by atoms with Crippen LogP contribution in [0.3, 0.4) is 0 Å². The minimum Gasteiger partial charge on any atom is -0.449 e. The topological polar surface area (TPSA) is 84.6 Å². The summed E-state index contributed by atoms with van der Waals surface area (Å²) in [6, 6.07) is 14.8. The lowest BCUT2D eigenvalue weighted by molar-refractivity contribution is 0.144. The normalized spacial score (nSPS) is 10.9. The van der Waals surface area contributed by atoms with Crippen LogP contribution in [0.5, 0.6) is 5.75 Å². The number of aryl methyl sites for hydroxylation is 1. The fraction of sp³-hybridized carbons (Fsp3) is 0.273. The molecular weight excluding hydrogens is 392 g/mol. The summed E-state index contributed by atoms with van der Waals surface area (Å²) in [5, 5.41) is 19.0. The van der Waals surface area contributed by atoms with Crippen LogP contribution in [0, 0.1) is 0 Å². The molecule has 3 aromatic rings. The summed E-state index contributed by atoms with van der Waals surface area (Å²) in [6.07, 6.45) is 1.50. The standard InChI is InChI=1S/C22H23ClN2O4/c1-2-3-8-20-24-21(23)18(14-26)25(20)13-15-9-11-16(12-10-15)17-6-4-5-7-19(17)29-22(27)28/h4-7,9-12,26H,2-3,8,13-14H2,1H3,(H,27,28). The number of rotatable bonds is 8. The number of nitrogens with zero attached hydrogens (tertiary/aromatic N) is 2. The Hall–Kier alpha value is -2.83. The molecule has 0 amide bonds. The maximum atomic E-state index is 10.9. The van der Waals surface area contributed by atoms with Crippen molar-refractivity contribution in [2.45, 2.75) is 39.3 Å². The third kappa shape index (κ3) is 4.96. The first kappa shape index (κ1) is 20.9. The van der Waals surface area contributed by atoms with Gasteiger partial charge in [0, 0.05) is 18.5 Å². The second-order valence-electron chi connectivity index (χ2n) is 6.67. The van der Waals surface area contributed by atoms with Crippen LogP contribution in [-0.4, -0.2) is 25.9 Å². The number of carbonyl (C=O) groups is 1. The summed E-state index contributed by atoms with van der Waals surface area (Å²) in [5.74, 6) is 1.16. The Morgan fingerprint density at radius 1 is 1.17 bits per heavy atom. The SMILES string of the molecule is CCCCc1nc(Cl)c(CO)n1Cc1ccc(-c2ccccc2OC(=O)O)cc1. The van der Waals surface area contributed by atoms with Gasteiger partial charge in [-0.3, -0.25) is 0 Å². The fourth-order valence-corrected chi connectivity index (χ4v) is 3.49. The molecule has 0 saturated carbocycles. The van der Waals surface area contributed by atoms with Crippen LogP contribution in [-0.2, 0) is 19.6 Å². The lowest BCUT2D eigenvalue weighted by Crippen LogP contribution is -2.09. The molecule has 0 aliphatic rings. The first-order chi connectivity index (χ1) is 14.0. The van der Waals surface area contributed by atoms with E-state index in [-0.39, 0.29) is 6.61 Å².